The number of methoxy groups -OCH3 is 1. The highest BCUT2D eigenvalue weighted by Crippen LogP contribution is 2.30. The molecule has 3 aromatic rings. The molecule has 1 amide bonds. The van der Waals surface area contributed by atoms with Gasteiger partial charge in [0.1, 0.15) is 5.82 Å². The van der Waals surface area contributed by atoms with Gasteiger partial charge < -0.3 is 15.0 Å². The number of piperidine rings is 1. The van der Waals surface area contributed by atoms with E-state index in [-0.39, 0.29) is 11.8 Å². The zero-order valence-electron chi connectivity index (χ0n) is 16.5. The number of likely N-dealkylation sites (tertiary alicyclic amines) is 1. The molecule has 0 unspecified atom stereocenters. The van der Waals surface area contributed by atoms with E-state index in [1.165, 1.54) is 0 Å². The van der Waals surface area contributed by atoms with E-state index in [4.69, 9.17) is 9.72 Å². The van der Waals surface area contributed by atoms with Crippen molar-refractivity contribution in [2.75, 3.05) is 38.7 Å². The van der Waals surface area contributed by atoms with Gasteiger partial charge >= 0.3 is 0 Å². The highest BCUT2D eigenvalue weighted by atomic mass is 16.5. The topological polar surface area (TPSA) is 80.2 Å². The van der Waals surface area contributed by atoms with Crippen LogP contribution >= 0.6 is 0 Å². The SMILES string of the molecule is COCCNc1nc([C@H]2CCCN(C(=O)c3cccnc3)C2)cc2ncccc12. The summed E-state index contributed by atoms with van der Waals surface area (Å²) in [6.45, 7) is 2.68. The second-order valence-corrected chi connectivity index (χ2v) is 7.22. The average Bonchev–Trinajstić information content (AvgIpc) is 2.79. The van der Waals surface area contributed by atoms with Gasteiger partial charge in [0.15, 0.2) is 0 Å². The Hall–Kier alpha value is -3.06. The van der Waals surface area contributed by atoms with Gasteiger partial charge in [-0.05, 0) is 43.2 Å². The number of aromatic nitrogens is 3. The summed E-state index contributed by atoms with van der Waals surface area (Å²) in [5.41, 5.74) is 2.51. The van der Waals surface area contributed by atoms with Gasteiger partial charge in [-0.25, -0.2) is 4.98 Å². The maximum absolute atomic E-state index is 12.9. The lowest BCUT2D eigenvalue weighted by Crippen LogP contribution is -2.39. The van der Waals surface area contributed by atoms with Crippen molar-refractivity contribution in [2.24, 2.45) is 0 Å². The molecule has 4 rings (SSSR count). The molecule has 0 aliphatic carbocycles. The fourth-order valence-corrected chi connectivity index (χ4v) is 3.78. The summed E-state index contributed by atoms with van der Waals surface area (Å²) in [5.74, 6) is 1.03. The van der Waals surface area contributed by atoms with E-state index in [1.807, 2.05) is 23.1 Å². The molecule has 1 atom stereocenters. The van der Waals surface area contributed by atoms with E-state index in [0.717, 1.165) is 41.8 Å². The third kappa shape index (κ3) is 4.35. The molecule has 1 fully saturated rings. The first-order valence-electron chi connectivity index (χ1n) is 9.94. The van der Waals surface area contributed by atoms with Crippen LogP contribution in [0.2, 0.25) is 0 Å². The van der Waals surface area contributed by atoms with Gasteiger partial charge in [0, 0.05) is 62.3 Å². The monoisotopic (exact) mass is 391 g/mol. The van der Waals surface area contributed by atoms with Crippen LogP contribution in [0.5, 0.6) is 0 Å². The standard InChI is InChI=1S/C22H25N5O2/c1-29-12-10-25-21-18-7-3-9-24-20(18)13-19(26-21)17-6-4-11-27(15-17)22(28)16-5-2-8-23-14-16/h2-3,5,7-9,13-14,17H,4,6,10-12,15H2,1H3,(H,25,26)/t17-/m0/s1. The molecule has 1 N–H and O–H groups in total. The summed E-state index contributed by atoms with van der Waals surface area (Å²) in [7, 11) is 1.68. The molecule has 0 saturated carbocycles. The number of nitrogens with zero attached hydrogens (tertiary/aromatic N) is 4. The van der Waals surface area contributed by atoms with E-state index in [9.17, 15) is 4.79 Å². The van der Waals surface area contributed by atoms with Crippen molar-refractivity contribution in [3.63, 3.8) is 0 Å². The Balaban J connectivity index is 1.59. The van der Waals surface area contributed by atoms with Crippen LogP contribution < -0.4 is 5.32 Å². The molecule has 0 radical (unpaired) electrons. The number of ether oxygens (including phenoxy) is 1. The molecule has 1 aliphatic heterocycles. The lowest BCUT2D eigenvalue weighted by Gasteiger charge is -2.32. The maximum Gasteiger partial charge on any atom is 0.255 e. The van der Waals surface area contributed by atoms with E-state index < -0.39 is 0 Å². The maximum atomic E-state index is 12.9. The molecule has 0 spiro atoms. The lowest BCUT2D eigenvalue weighted by atomic mass is 9.93. The van der Waals surface area contributed by atoms with Gasteiger partial charge in [0.25, 0.3) is 5.91 Å². The van der Waals surface area contributed by atoms with Gasteiger partial charge in [-0.15, -0.1) is 0 Å². The number of amides is 1. The molecule has 3 aromatic heterocycles. The van der Waals surface area contributed by atoms with Crippen molar-refractivity contribution >= 4 is 22.6 Å². The van der Waals surface area contributed by atoms with Crippen molar-refractivity contribution in [3.05, 3.63) is 60.2 Å². The fraction of sp³-hybridized carbons (Fsp3) is 0.364. The number of hydrogen-bond acceptors (Lipinski definition) is 6. The molecule has 29 heavy (non-hydrogen) atoms. The molecule has 0 aromatic carbocycles. The first kappa shape index (κ1) is 19.3. The minimum Gasteiger partial charge on any atom is -0.383 e. The minimum absolute atomic E-state index is 0.0279. The Bertz CT molecular complexity index is 979. The van der Waals surface area contributed by atoms with Gasteiger partial charge in [-0.2, -0.15) is 0 Å². The molecule has 150 valence electrons. The van der Waals surface area contributed by atoms with Crippen LogP contribution in [0.4, 0.5) is 5.82 Å². The number of carbonyl (C=O) groups excluding carboxylic acids is 1. The smallest absolute Gasteiger partial charge is 0.255 e. The van der Waals surface area contributed by atoms with E-state index in [1.54, 1.807) is 31.8 Å². The summed E-state index contributed by atoms with van der Waals surface area (Å²) in [6, 6.07) is 9.60. The van der Waals surface area contributed by atoms with E-state index in [0.29, 0.717) is 25.3 Å². The summed E-state index contributed by atoms with van der Waals surface area (Å²) in [4.78, 5) is 28.3. The molecule has 7 nitrogen and oxygen atoms in total. The second kappa shape index (κ2) is 8.96. The van der Waals surface area contributed by atoms with Crippen LogP contribution in [0.3, 0.4) is 0 Å². The molecule has 4 heterocycles. The summed E-state index contributed by atoms with van der Waals surface area (Å²) in [5, 5.41) is 4.36. The van der Waals surface area contributed by atoms with Crippen LogP contribution in [-0.4, -0.2) is 59.1 Å². The van der Waals surface area contributed by atoms with Crippen molar-refractivity contribution in [1.82, 2.24) is 19.9 Å². The van der Waals surface area contributed by atoms with Crippen LogP contribution in [0.15, 0.2) is 48.9 Å². The first-order valence-corrected chi connectivity index (χ1v) is 9.94. The Labute approximate surface area is 170 Å². The quantitative estimate of drug-likeness (QED) is 0.651. The molecule has 1 saturated heterocycles. The lowest BCUT2D eigenvalue weighted by molar-refractivity contribution is 0.0705. The highest BCUT2D eigenvalue weighted by Gasteiger charge is 2.27. The number of carbonyl (C=O) groups is 1. The third-order valence-corrected chi connectivity index (χ3v) is 5.25. The van der Waals surface area contributed by atoms with Crippen molar-refractivity contribution in [2.45, 2.75) is 18.8 Å². The second-order valence-electron chi connectivity index (χ2n) is 7.22. The molecule has 0 bridgehead atoms. The number of rotatable bonds is 6. The van der Waals surface area contributed by atoms with Crippen LogP contribution in [0.25, 0.3) is 10.9 Å². The fourth-order valence-electron chi connectivity index (χ4n) is 3.78. The van der Waals surface area contributed by atoms with Gasteiger partial charge in [0.05, 0.1) is 17.7 Å². The zero-order chi connectivity index (χ0) is 20.1. The zero-order valence-corrected chi connectivity index (χ0v) is 16.5. The number of nitrogens with one attached hydrogen (secondary N) is 1. The van der Waals surface area contributed by atoms with Crippen molar-refractivity contribution < 1.29 is 9.53 Å². The predicted molar refractivity (Wildman–Crippen MR) is 112 cm³/mol. The Morgan fingerprint density at radius 3 is 3.03 bits per heavy atom. The number of fused-ring (bicyclic) bond motifs is 1. The number of anilines is 1. The molecule has 1 aliphatic rings. The van der Waals surface area contributed by atoms with Gasteiger partial charge in [0.2, 0.25) is 0 Å². The predicted octanol–water partition coefficient (Wildman–Crippen LogP) is 3.10. The van der Waals surface area contributed by atoms with Gasteiger partial charge in [-0.1, -0.05) is 0 Å². The Morgan fingerprint density at radius 2 is 2.21 bits per heavy atom. The van der Waals surface area contributed by atoms with Crippen LogP contribution in [-0.2, 0) is 4.74 Å². The van der Waals surface area contributed by atoms with Crippen molar-refractivity contribution in [3.8, 4) is 0 Å². The first-order chi connectivity index (χ1) is 14.3. The summed E-state index contributed by atoms with van der Waals surface area (Å²) < 4.78 is 5.15. The van der Waals surface area contributed by atoms with Crippen LogP contribution in [0.1, 0.15) is 34.8 Å². The van der Waals surface area contributed by atoms with E-state index in [2.05, 4.69) is 21.4 Å². The van der Waals surface area contributed by atoms with Crippen LogP contribution in [0, 0.1) is 0 Å². The number of hydrogen-bond donors (Lipinski definition) is 1. The Morgan fingerprint density at radius 1 is 1.31 bits per heavy atom. The highest BCUT2D eigenvalue weighted by molar-refractivity contribution is 5.94. The van der Waals surface area contributed by atoms with Crippen molar-refractivity contribution in [1.29, 1.82) is 0 Å². The molecular formula is C22H25N5O2. The molecule has 7 heteroatoms. The summed E-state index contributed by atoms with van der Waals surface area (Å²) in [6.07, 6.45) is 7.05. The third-order valence-electron chi connectivity index (χ3n) is 5.25. The normalized spacial score (nSPS) is 16.7. The molecular weight excluding hydrogens is 366 g/mol. The summed E-state index contributed by atoms with van der Waals surface area (Å²) >= 11 is 0. The Kier molecular flexibility index (Phi) is 5.95. The largest absolute Gasteiger partial charge is 0.383 e. The average molecular weight is 391 g/mol. The van der Waals surface area contributed by atoms with E-state index >= 15 is 0 Å². The number of pyridine rings is 3. The minimum atomic E-state index is 0.0279. The van der Waals surface area contributed by atoms with Gasteiger partial charge in [-0.3, -0.25) is 14.8 Å².